The normalized spacial score (nSPS) is 12.2. The first-order valence-corrected chi connectivity index (χ1v) is 5.47. The van der Waals surface area contributed by atoms with Gasteiger partial charge in [-0.25, -0.2) is 0 Å². The maximum Gasteiger partial charge on any atom is 0.219 e. The van der Waals surface area contributed by atoms with Crippen molar-refractivity contribution in [3.63, 3.8) is 0 Å². The Balaban J connectivity index is 2.49. The van der Waals surface area contributed by atoms with Crippen molar-refractivity contribution in [1.29, 1.82) is 0 Å². The summed E-state index contributed by atoms with van der Waals surface area (Å²) in [7, 11) is 1.74. The van der Waals surface area contributed by atoms with Gasteiger partial charge in [0.1, 0.15) is 0 Å². The summed E-state index contributed by atoms with van der Waals surface area (Å²) in [5.41, 5.74) is 2.08. The summed E-state index contributed by atoms with van der Waals surface area (Å²) in [6.07, 6.45) is 0.0708. The molecule has 16 heavy (non-hydrogen) atoms. The summed E-state index contributed by atoms with van der Waals surface area (Å²) in [6, 6.07) is 7.81. The zero-order valence-corrected chi connectivity index (χ0v) is 10.1. The third-order valence-electron chi connectivity index (χ3n) is 2.74. The Morgan fingerprint density at radius 1 is 1.38 bits per heavy atom. The molecule has 3 heteroatoms. The maximum atomic E-state index is 11.0. The van der Waals surface area contributed by atoms with Gasteiger partial charge in [0.05, 0.1) is 6.10 Å². The van der Waals surface area contributed by atoms with Crippen LogP contribution in [0.1, 0.15) is 30.6 Å². The van der Waals surface area contributed by atoms with Crippen LogP contribution in [0.25, 0.3) is 0 Å². The number of carbonyl (C=O) groups is 1. The smallest absolute Gasteiger partial charge is 0.219 e. The zero-order valence-electron chi connectivity index (χ0n) is 10.1. The molecular weight excluding hydrogens is 202 g/mol. The first-order valence-electron chi connectivity index (χ1n) is 5.47. The molecule has 0 saturated carbocycles. The van der Waals surface area contributed by atoms with Crippen LogP contribution in [0.2, 0.25) is 0 Å². The van der Waals surface area contributed by atoms with Crippen LogP contribution in [0.4, 0.5) is 0 Å². The molecule has 1 aromatic rings. The highest BCUT2D eigenvalue weighted by molar-refractivity contribution is 5.72. The Morgan fingerprint density at radius 2 is 1.94 bits per heavy atom. The monoisotopic (exact) mass is 221 g/mol. The lowest BCUT2D eigenvalue weighted by Gasteiger charge is -2.17. The van der Waals surface area contributed by atoms with Gasteiger partial charge in [-0.15, -0.1) is 0 Å². The van der Waals surface area contributed by atoms with Gasteiger partial charge in [-0.1, -0.05) is 29.8 Å². The van der Waals surface area contributed by atoms with Gasteiger partial charge in [-0.2, -0.15) is 0 Å². The van der Waals surface area contributed by atoms with Gasteiger partial charge in [0, 0.05) is 20.5 Å². The standard InChI is InChI=1S/C13H19NO2/c1-10-4-6-12(7-5-10)13(16)8-9-14(3)11(2)15/h4-7,13,16H,8-9H2,1-3H3/t13-/m0/s1. The summed E-state index contributed by atoms with van der Waals surface area (Å²) in [4.78, 5) is 12.6. The van der Waals surface area contributed by atoms with E-state index in [9.17, 15) is 9.90 Å². The number of aliphatic hydroxyl groups is 1. The van der Waals surface area contributed by atoms with Gasteiger partial charge in [-0.3, -0.25) is 4.79 Å². The number of nitrogens with zero attached hydrogens (tertiary/aromatic N) is 1. The minimum atomic E-state index is -0.498. The van der Waals surface area contributed by atoms with Crippen LogP contribution in [0.5, 0.6) is 0 Å². The molecule has 0 aromatic heterocycles. The molecule has 0 radical (unpaired) electrons. The van der Waals surface area contributed by atoms with E-state index in [0.29, 0.717) is 13.0 Å². The maximum absolute atomic E-state index is 11.0. The molecule has 1 atom stereocenters. The Bertz CT molecular complexity index is 345. The number of aryl methyl sites for hydroxylation is 1. The summed E-state index contributed by atoms with van der Waals surface area (Å²) in [5.74, 6) is 0.0242. The van der Waals surface area contributed by atoms with Crippen LogP contribution in [0.3, 0.4) is 0 Å². The molecule has 0 aliphatic carbocycles. The van der Waals surface area contributed by atoms with Crippen molar-refractivity contribution in [3.8, 4) is 0 Å². The van der Waals surface area contributed by atoms with Crippen LogP contribution < -0.4 is 0 Å². The van der Waals surface area contributed by atoms with Crippen molar-refractivity contribution in [2.75, 3.05) is 13.6 Å². The van der Waals surface area contributed by atoms with Crippen LogP contribution in [0.15, 0.2) is 24.3 Å². The highest BCUT2D eigenvalue weighted by atomic mass is 16.3. The van der Waals surface area contributed by atoms with E-state index in [1.54, 1.807) is 11.9 Å². The number of benzene rings is 1. The molecule has 1 aromatic carbocycles. The lowest BCUT2D eigenvalue weighted by Crippen LogP contribution is -2.26. The van der Waals surface area contributed by atoms with Gasteiger partial charge in [0.15, 0.2) is 0 Å². The fourth-order valence-corrected chi connectivity index (χ4v) is 1.43. The first-order chi connectivity index (χ1) is 7.50. The SMILES string of the molecule is CC(=O)N(C)CC[C@H](O)c1ccc(C)cc1. The molecular formula is C13H19NO2. The average Bonchev–Trinajstić information content (AvgIpc) is 2.26. The topological polar surface area (TPSA) is 40.5 Å². The largest absolute Gasteiger partial charge is 0.388 e. The number of rotatable bonds is 4. The van der Waals surface area contributed by atoms with Crippen molar-refractivity contribution in [3.05, 3.63) is 35.4 Å². The third-order valence-corrected chi connectivity index (χ3v) is 2.74. The molecule has 1 N–H and O–H groups in total. The third kappa shape index (κ3) is 3.66. The fourth-order valence-electron chi connectivity index (χ4n) is 1.43. The Morgan fingerprint density at radius 3 is 2.44 bits per heavy atom. The van der Waals surface area contributed by atoms with Crippen molar-refractivity contribution in [1.82, 2.24) is 4.90 Å². The average molecular weight is 221 g/mol. The molecule has 1 amide bonds. The Hall–Kier alpha value is -1.35. The summed E-state index contributed by atoms with van der Waals surface area (Å²) < 4.78 is 0. The molecule has 0 aliphatic rings. The van der Waals surface area contributed by atoms with Gasteiger partial charge < -0.3 is 10.0 Å². The van der Waals surface area contributed by atoms with E-state index in [0.717, 1.165) is 5.56 Å². The molecule has 0 fully saturated rings. The fraction of sp³-hybridized carbons (Fsp3) is 0.462. The van der Waals surface area contributed by atoms with Crippen molar-refractivity contribution in [2.45, 2.75) is 26.4 Å². The van der Waals surface area contributed by atoms with Crippen molar-refractivity contribution >= 4 is 5.91 Å². The molecule has 88 valence electrons. The number of carbonyl (C=O) groups excluding carboxylic acids is 1. The van der Waals surface area contributed by atoms with Gasteiger partial charge in [0.2, 0.25) is 5.91 Å². The van der Waals surface area contributed by atoms with Crippen molar-refractivity contribution < 1.29 is 9.90 Å². The summed E-state index contributed by atoms with van der Waals surface area (Å²) in [5, 5.41) is 9.90. The molecule has 0 saturated heterocycles. The molecule has 0 bridgehead atoms. The lowest BCUT2D eigenvalue weighted by molar-refractivity contribution is -0.127. The Kier molecular flexibility index (Phi) is 4.50. The highest BCUT2D eigenvalue weighted by Gasteiger charge is 2.09. The second kappa shape index (κ2) is 5.66. The van der Waals surface area contributed by atoms with Crippen LogP contribution in [-0.4, -0.2) is 29.5 Å². The van der Waals surface area contributed by atoms with Gasteiger partial charge >= 0.3 is 0 Å². The van der Waals surface area contributed by atoms with Crippen LogP contribution >= 0.6 is 0 Å². The summed E-state index contributed by atoms with van der Waals surface area (Å²) >= 11 is 0. The molecule has 0 heterocycles. The minimum Gasteiger partial charge on any atom is -0.388 e. The van der Waals surface area contributed by atoms with Gasteiger partial charge in [0.25, 0.3) is 0 Å². The quantitative estimate of drug-likeness (QED) is 0.843. The second-order valence-electron chi connectivity index (χ2n) is 4.16. The summed E-state index contributed by atoms with van der Waals surface area (Å²) in [6.45, 7) is 4.11. The predicted octanol–water partition coefficient (Wildman–Crippen LogP) is 1.90. The molecule has 0 aliphatic heterocycles. The van der Waals surface area contributed by atoms with Crippen molar-refractivity contribution in [2.24, 2.45) is 0 Å². The number of hydrogen-bond donors (Lipinski definition) is 1. The minimum absolute atomic E-state index is 0.0242. The Labute approximate surface area is 96.7 Å². The van der Waals surface area contributed by atoms with Crippen LogP contribution in [0, 0.1) is 6.92 Å². The van der Waals surface area contributed by atoms with E-state index in [2.05, 4.69) is 0 Å². The predicted molar refractivity (Wildman–Crippen MR) is 64.1 cm³/mol. The molecule has 1 rings (SSSR count). The number of hydrogen-bond acceptors (Lipinski definition) is 2. The van der Waals surface area contributed by atoms with E-state index in [1.165, 1.54) is 12.5 Å². The van der Waals surface area contributed by atoms with Gasteiger partial charge in [-0.05, 0) is 18.9 Å². The lowest BCUT2D eigenvalue weighted by atomic mass is 10.0. The van der Waals surface area contributed by atoms with E-state index >= 15 is 0 Å². The second-order valence-corrected chi connectivity index (χ2v) is 4.16. The van der Waals surface area contributed by atoms with E-state index in [4.69, 9.17) is 0 Å². The molecule has 0 spiro atoms. The van der Waals surface area contributed by atoms with E-state index in [1.807, 2.05) is 31.2 Å². The zero-order chi connectivity index (χ0) is 12.1. The van der Waals surface area contributed by atoms with Crippen LogP contribution in [-0.2, 0) is 4.79 Å². The number of aliphatic hydroxyl groups excluding tert-OH is 1. The first kappa shape index (κ1) is 12.7. The molecule has 0 unspecified atom stereocenters. The highest BCUT2D eigenvalue weighted by Crippen LogP contribution is 2.17. The van der Waals surface area contributed by atoms with E-state index < -0.39 is 6.10 Å². The van der Waals surface area contributed by atoms with E-state index in [-0.39, 0.29) is 5.91 Å². The number of amides is 1. The molecule has 3 nitrogen and oxygen atoms in total.